The van der Waals surface area contributed by atoms with Crippen LogP contribution in [-0.4, -0.2) is 3.81 Å². The second kappa shape index (κ2) is 5.40. The number of aryl methyl sites for hydroxylation is 2. The van der Waals surface area contributed by atoms with Gasteiger partial charge in [0.1, 0.15) is 0 Å². The first-order valence-electron chi connectivity index (χ1n) is 6.11. The zero-order chi connectivity index (χ0) is 11.6. The van der Waals surface area contributed by atoms with Crippen LogP contribution in [0, 0.1) is 0 Å². The van der Waals surface area contributed by atoms with Crippen LogP contribution in [-0.2, 0) is 32.8 Å². The molecule has 0 atom stereocenters. The third-order valence-electron chi connectivity index (χ3n) is 4.06. The Labute approximate surface area is 145 Å². The average molecular weight is 412 g/mol. The summed E-state index contributed by atoms with van der Waals surface area (Å²) in [5.41, 5.74) is 7.42. The molecule has 0 aromatic heterocycles. The maximum Gasteiger partial charge on any atom is -1.00 e. The van der Waals surface area contributed by atoms with Crippen LogP contribution in [0.2, 0.25) is 0 Å². The molecule has 2 aromatic carbocycles. The van der Waals surface area contributed by atoms with Crippen molar-refractivity contribution in [2.45, 2.75) is 19.8 Å². The van der Waals surface area contributed by atoms with E-state index in [0.29, 0.717) is 0 Å². The molecule has 0 fully saturated rings. The zero-order valence-electron chi connectivity index (χ0n) is 10.6. The first kappa shape index (κ1) is 15.4. The van der Waals surface area contributed by atoms with Gasteiger partial charge in [0.2, 0.25) is 0 Å². The fourth-order valence-electron chi connectivity index (χ4n) is 3.21. The average Bonchev–Trinajstić information content (AvgIpc) is 2.87. The fraction of sp³-hybridized carbons (Fsp3) is 0.188. The number of hydrogen-bond acceptors (Lipinski definition) is 0. The van der Waals surface area contributed by atoms with Crippen molar-refractivity contribution in [3.8, 4) is 0 Å². The van der Waals surface area contributed by atoms with Crippen molar-refractivity contribution in [2.24, 2.45) is 0 Å². The summed E-state index contributed by atoms with van der Waals surface area (Å²) in [6.45, 7) is 2.22. The Kier molecular flexibility index (Phi) is 4.37. The second-order valence-electron chi connectivity index (χ2n) is 5.04. The van der Waals surface area contributed by atoms with Gasteiger partial charge in [0.25, 0.3) is 0 Å². The van der Waals surface area contributed by atoms with Crippen LogP contribution in [0.1, 0.15) is 29.2 Å². The molecule has 0 bridgehead atoms. The summed E-state index contributed by atoms with van der Waals surface area (Å²) in [7, 11) is 0. The Morgan fingerprint density at radius 2 is 1.79 bits per heavy atom. The summed E-state index contributed by atoms with van der Waals surface area (Å²) >= 11 is 2.25. The van der Waals surface area contributed by atoms with E-state index < -0.39 is 0 Å². The van der Waals surface area contributed by atoms with Crippen LogP contribution >= 0.6 is 0 Å². The molecule has 0 unspecified atom stereocenters. The van der Waals surface area contributed by atoms with E-state index in [-0.39, 0.29) is 34.0 Å². The van der Waals surface area contributed by atoms with Gasteiger partial charge in [0, 0.05) is 0 Å². The smallest absolute Gasteiger partial charge is 1.00 e. The first-order chi connectivity index (χ1) is 8.25. The summed E-state index contributed by atoms with van der Waals surface area (Å²) in [5, 5.41) is 2.99. The van der Waals surface area contributed by atoms with E-state index in [1.165, 1.54) is 49.7 Å². The minimum Gasteiger partial charge on any atom is -1.00 e. The number of fused-ring (bicyclic) bond motifs is 2. The summed E-state index contributed by atoms with van der Waals surface area (Å²) < 4.78 is 1.45. The molecular weight excluding hydrogens is 400 g/mol. The number of allylic oxidation sites excluding steroid dienone is 1. The van der Waals surface area contributed by atoms with E-state index in [1.54, 1.807) is 5.56 Å². The van der Waals surface area contributed by atoms with Gasteiger partial charge in [-0.25, -0.2) is 0 Å². The van der Waals surface area contributed by atoms with Gasteiger partial charge in [-0.3, -0.25) is 0 Å². The SMILES string of the molecule is CC1=Cc2c(cc3c4c(cccc24)CC3)[C]1=[Ti+2].[Br-].[Br-]. The van der Waals surface area contributed by atoms with Gasteiger partial charge in [0.05, 0.1) is 0 Å². The maximum absolute atomic E-state index is 2.43. The van der Waals surface area contributed by atoms with Gasteiger partial charge < -0.3 is 34.0 Å². The van der Waals surface area contributed by atoms with Gasteiger partial charge in [0.15, 0.2) is 0 Å². The van der Waals surface area contributed by atoms with Crippen molar-refractivity contribution in [3.63, 3.8) is 0 Å². The number of hydrogen-bond donors (Lipinski definition) is 0. The summed E-state index contributed by atoms with van der Waals surface area (Å²) in [6, 6.07) is 9.21. The molecule has 4 rings (SSSR count). The Hall–Kier alpha value is -0.0157. The molecule has 2 aliphatic carbocycles. The van der Waals surface area contributed by atoms with E-state index in [2.05, 4.69) is 57.2 Å². The molecule has 0 heterocycles. The van der Waals surface area contributed by atoms with Gasteiger partial charge in [-0.2, -0.15) is 0 Å². The molecule has 3 heteroatoms. The molecule has 0 N–H and O–H groups in total. The van der Waals surface area contributed by atoms with Gasteiger partial charge in [-0.05, 0) is 0 Å². The summed E-state index contributed by atoms with van der Waals surface area (Å²) in [5.74, 6) is 0. The van der Waals surface area contributed by atoms with Gasteiger partial charge in [-0.1, -0.05) is 0 Å². The van der Waals surface area contributed by atoms with Crippen LogP contribution in [0.15, 0.2) is 29.8 Å². The molecule has 2 aromatic rings. The van der Waals surface area contributed by atoms with E-state index in [4.69, 9.17) is 0 Å². The van der Waals surface area contributed by atoms with Crippen LogP contribution < -0.4 is 34.0 Å². The predicted octanol–water partition coefficient (Wildman–Crippen LogP) is -2.57. The molecule has 0 saturated carbocycles. The molecule has 94 valence electrons. The van der Waals surface area contributed by atoms with E-state index in [1.807, 2.05) is 0 Å². The molecule has 0 aliphatic heterocycles. The second-order valence-corrected chi connectivity index (χ2v) is 5.82. The Morgan fingerprint density at radius 1 is 1.05 bits per heavy atom. The molecular formula is C16H12Br2Ti. The number of halogens is 2. The quantitative estimate of drug-likeness (QED) is 0.418. The molecule has 2 aliphatic rings. The van der Waals surface area contributed by atoms with Gasteiger partial charge >= 0.3 is 112 Å². The summed E-state index contributed by atoms with van der Waals surface area (Å²) in [4.78, 5) is 0. The maximum atomic E-state index is 2.43. The normalized spacial score (nSPS) is 14.9. The Balaban J connectivity index is 0.000000667. The molecule has 0 saturated heterocycles. The Morgan fingerprint density at radius 3 is 2.58 bits per heavy atom. The number of rotatable bonds is 0. The monoisotopic (exact) mass is 410 g/mol. The standard InChI is InChI=1S/C16H12.2BrH.Ti/c1-10-7-13-9-12-6-5-11-3-2-4-14(16(11)12)15(13)8-10;;;/h2-4,8-9H,5-6H2,1H3;2*1H;/q;;;+2/p-2. The van der Waals surface area contributed by atoms with Crippen molar-refractivity contribution < 1.29 is 53.9 Å². The molecule has 19 heavy (non-hydrogen) atoms. The molecule has 0 amide bonds. The largest absolute Gasteiger partial charge is 1.00 e. The third-order valence-corrected chi connectivity index (χ3v) is 5.10. The van der Waals surface area contributed by atoms with Crippen molar-refractivity contribution in [1.29, 1.82) is 0 Å². The van der Waals surface area contributed by atoms with Crippen LogP contribution in [0.25, 0.3) is 16.8 Å². The van der Waals surface area contributed by atoms with E-state index in [9.17, 15) is 0 Å². The van der Waals surface area contributed by atoms with E-state index >= 15 is 0 Å². The van der Waals surface area contributed by atoms with Crippen LogP contribution in [0.4, 0.5) is 0 Å². The van der Waals surface area contributed by atoms with Gasteiger partial charge in [-0.15, -0.1) is 0 Å². The van der Waals surface area contributed by atoms with Crippen molar-refractivity contribution in [3.05, 3.63) is 52.1 Å². The van der Waals surface area contributed by atoms with E-state index in [0.717, 1.165) is 0 Å². The van der Waals surface area contributed by atoms with Crippen LogP contribution in [0.3, 0.4) is 0 Å². The minimum atomic E-state index is 0. The molecule has 0 nitrogen and oxygen atoms in total. The van der Waals surface area contributed by atoms with Crippen molar-refractivity contribution in [1.82, 2.24) is 0 Å². The van der Waals surface area contributed by atoms with Crippen molar-refractivity contribution in [2.75, 3.05) is 0 Å². The summed E-state index contributed by atoms with van der Waals surface area (Å²) in [6.07, 6.45) is 4.79. The topological polar surface area (TPSA) is 0 Å². The third kappa shape index (κ3) is 2.08. The Bertz CT molecular complexity index is 729. The first-order valence-corrected chi connectivity index (χ1v) is 6.89. The molecule has 0 spiro atoms. The molecule has 0 radical (unpaired) electrons. The predicted molar refractivity (Wildman–Crippen MR) is 69.1 cm³/mol. The zero-order valence-corrected chi connectivity index (χ0v) is 15.3. The van der Waals surface area contributed by atoms with Crippen LogP contribution in [0.5, 0.6) is 0 Å². The minimum absolute atomic E-state index is 0. The van der Waals surface area contributed by atoms with Crippen molar-refractivity contribution >= 4 is 20.7 Å². The fourth-order valence-corrected chi connectivity index (χ4v) is 3.65. The number of benzene rings is 2.